The van der Waals surface area contributed by atoms with Crippen molar-refractivity contribution in [1.29, 1.82) is 0 Å². The van der Waals surface area contributed by atoms with Gasteiger partial charge < -0.3 is 15.0 Å². The van der Waals surface area contributed by atoms with Crippen molar-refractivity contribution >= 4 is 23.4 Å². The lowest BCUT2D eigenvalue weighted by molar-refractivity contribution is 0.0721. The second kappa shape index (κ2) is 8.77. The van der Waals surface area contributed by atoms with E-state index in [0.29, 0.717) is 46.5 Å². The molecule has 2 heterocycles. The smallest absolute Gasteiger partial charge is 0.258 e. The van der Waals surface area contributed by atoms with E-state index in [1.807, 2.05) is 18.2 Å². The molecule has 8 nitrogen and oxygen atoms in total. The molecule has 0 bridgehead atoms. The fourth-order valence-electron chi connectivity index (χ4n) is 3.78. The molecule has 9 heteroatoms. The minimum atomic E-state index is -0.401. The molecule has 1 aliphatic heterocycles. The van der Waals surface area contributed by atoms with E-state index in [9.17, 15) is 9.59 Å². The number of amides is 2. The van der Waals surface area contributed by atoms with Gasteiger partial charge in [0.05, 0.1) is 18.7 Å². The first-order valence-corrected chi connectivity index (χ1v) is 10.2. The third-order valence-electron chi connectivity index (χ3n) is 5.24. The number of rotatable bonds is 5. The predicted octanol–water partition coefficient (Wildman–Crippen LogP) is 3.16. The van der Waals surface area contributed by atoms with Crippen LogP contribution in [0.1, 0.15) is 44.8 Å². The van der Waals surface area contributed by atoms with Gasteiger partial charge >= 0.3 is 0 Å². The summed E-state index contributed by atoms with van der Waals surface area (Å²) in [5.41, 5.74) is 0.913. The van der Waals surface area contributed by atoms with E-state index in [4.69, 9.17) is 16.3 Å². The second-order valence-electron chi connectivity index (χ2n) is 7.37. The zero-order chi connectivity index (χ0) is 22.0. The van der Waals surface area contributed by atoms with Crippen LogP contribution in [0, 0.1) is 6.92 Å². The van der Waals surface area contributed by atoms with Gasteiger partial charge in [-0.15, -0.1) is 0 Å². The number of aromatic nitrogens is 3. The molecule has 1 aromatic heterocycles. The Morgan fingerprint density at radius 2 is 2.00 bits per heavy atom. The van der Waals surface area contributed by atoms with Crippen molar-refractivity contribution in [3.8, 4) is 5.75 Å². The zero-order valence-electron chi connectivity index (χ0n) is 17.1. The van der Waals surface area contributed by atoms with E-state index in [-0.39, 0.29) is 17.9 Å². The molecule has 2 N–H and O–H groups in total. The van der Waals surface area contributed by atoms with Crippen molar-refractivity contribution in [3.63, 3.8) is 0 Å². The van der Waals surface area contributed by atoms with Crippen molar-refractivity contribution < 1.29 is 14.3 Å². The molecule has 0 radical (unpaired) electrons. The highest BCUT2D eigenvalue weighted by Gasteiger charge is 2.40. The van der Waals surface area contributed by atoms with Gasteiger partial charge in [-0.05, 0) is 43.7 Å². The molecular formula is C22H22ClN5O3. The number of hydrogen-bond donors (Lipinski definition) is 2. The molecule has 3 aromatic rings. The molecule has 2 aromatic carbocycles. The highest BCUT2D eigenvalue weighted by molar-refractivity contribution is 6.31. The van der Waals surface area contributed by atoms with Crippen molar-refractivity contribution in [2.24, 2.45) is 0 Å². The summed E-state index contributed by atoms with van der Waals surface area (Å²) in [7, 11) is 1.50. The molecule has 0 spiro atoms. The number of nitrogens with one attached hydrogen (secondary N) is 2. The third kappa shape index (κ3) is 4.39. The molecule has 0 saturated carbocycles. The number of likely N-dealkylation sites (tertiary alicyclic amines) is 1. The molecule has 2 atom stereocenters. The standard InChI is InChI=1S/C22H22ClN5O3/c1-13-24-20(27-26-13)18-11-16(25-21(29)14-6-4-3-5-7-14)12-28(18)22(30)17-10-15(23)8-9-19(17)31-2/h3-10,16,18H,11-12H2,1-2H3,(H,25,29)(H,24,26,27). The number of halogens is 1. The number of H-pyrrole nitrogens is 1. The Hall–Kier alpha value is -3.39. The predicted molar refractivity (Wildman–Crippen MR) is 115 cm³/mol. The number of hydrogen-bond acceptors (Lipinski definition) is 5. The molecule has 4 rings (SSSR count). The third-order valence-corrected chi connectivity index (χ3v) is 5.47. The number of nitrogens with zero attached hydrogens (tertiary/aromatic N) is 3. The van der Waals surface area contributed by atoms with Gasteiger partial charge in [-0.1, -0.05) is 29.8 Å². The van der Waals surface area contributed by atoms with Crippen LogP contribution >= 0.6 is 11.6 Å². The summed E-state index contributed by atoms with van der Waals surface area (Å²) in [5, 5.41) is 10.5. The number of benzene rings is 2. The van der Waals surface area contributed by atoms with E-state index in [1.165, 1.54) is 7.11 Å². The Bertz CT molecular complexity index is 1100. The van der Waals surface area contributed by atoms with Gasteiger partial charge in [0.2, 0.25) is 0 Å². The Morgan fingerprint density at radius 1 is 1.23 bits per heavy atom. The van der Waals surface area contributed by atoms with Crippen LogP contribution in [-0.2, 0) is 0 Å². The fraction of sp³-hybridized carbons (Fsp3) is 0.273. The first-order valence-electron chi connectivity index (χ1n) is 9.85. The summed E-state index contributed by atoms with van der Waals surface area (Å²) in [6.45, 7) is 2.11. The molecule has 0 aliphatic carbocycles. The molecular weight excluding hydrogens is 418 g/mol. The van der Waals surface area contributed by atoms with Gasteiger partial charge in [0.15, 0.2) is 5.82 Å². The first-order chi connectivity index (χ1) is 15.0. The Morgan fingerprint density at radius 3 is 2.68 bits per heavy atom. The van der Waals surface area contributed by atoms with Gasteiger partial charge in [-0.3, -0.25) is 14.7 Å². The highest BCUT2D eigenvalue weighted by Crippen LogP contribution is 2.34. The maximum atomic E-state index is 13.5. The molecule has 31 heavy (non-hydrogen) atoms. The maximum Gasteiger partial charge on any atom is 0.258 e. The van der Waals surface area contributed by atoms with Gasteiger partial charge in [-0.2, -0.15) is 5.10 Å². The van der Waals surface area contributed by atoms with Gasteiger partial charge in [0.25, 0.3) is 11.8 Å². The molecule has 160 valence electrons. The van der Waals surface area contributed by atoms with Crippen molar-refractivity contribution in [1.82, 2.24) is 25.4 Å². The van der Waals surface area contributed by atoms with Crippen LogP contribution in [0.3, 0.4) is 0 Å². The number of ether oxygens (including phenoxy) is 1. The molecule has 1 saturated heterocycles. The minimum Gasteiger partial charge on any atom is -0.496 e. The van der Waals surface area contributed by atoms with Crippen LogP contribution in [-0.4, -0.2) is 51.6 Å². The van der Waals surface area contributed by atoms with Gasteiger partial charge in [-0.25, -0.2) is 4.98 Å². The summed E-state index contributed by atoms with van der Waals surface area (Å²) in [4.78, 5) is 32.2. The van der Waals surface area contributed by atoms with Gasteiger partial charge in [0.1, 0.15) is 11.6 Å². The van der Waals surface area contributed by atoms with Crippen LogP contribution in [0.5, 0.6) is 5.75 Å². The van der Waals surface area contributed by atoms with Crippen LogP contribution in [0.15, 0.2) is 48.5 Å². The molecule has 2 unspecified atom stereocenters. The van der Waals surface area contributed by atoms with E-state index >= 15 is 0 Å². The maximum absolute atomic E-state index is 13.5. The summed E-state index contributed by atoms with van der Waals surface area (Å²) in [5.74, 6) is 1.13. The van der Waals surface area contributed by atoms with Gasteiger partial charge in [0, 0.05) is 23.2 Å². The van der Waals surface area contributed by atoms with Crippen molar-refractivity contribution in [3.05, 3.63) is 76.3 Å². The van der Waals surface area contributed by atoms with E-state index < -0.39 is 6.04 Å². The normalized spacial score (nSPS) is 18.1. The van der Waals surface area contributed by atoms with Crippen LogP contribution in [0.2, 0.25) is 5.02 Å². The largest absolute Gasteiger partial charge is 0.496 e. The Balaban J connectivity index is 1.62. The number of aromatic amines is 1. The number of carbonyl (C=O) groups is 2. The zero-order valence-corrected chi connectivity index (χ0v) is 17.9. The van der Waals surface area contributed by atoms with E-state index in [2.05, 4.69) is 20.5 Å². The lowest BCUT2D eigenvalue weighted by Gasteiger charge is -2.23. The highest BCUT2D eigenvalue weighted by atomic mass is 35.5. The van der Waals surface area contributed by atoms with Crippen molar-refractivity contribution in [2.45, 2.75) is 25.4 Å². The number of carbonyl (C=O) groups excluding carboxylic acids is 2. The molecule has 1 aliphatic rings. The topological polar surface area (TPSA) is 100 Å². The summed E-state index contributed by atoms with van der Waals surface area (Å²) in [6.07, 6.45) is 0.491. The van der Waals surface area contributed by atoms with E-state index in [0.717, 1.165) is 0 Å². The minimum absolute atomic E-state index is 0.190. The summed E-state index contributed by atoms with van der Waals surface area (Å²) < 4.78 is 5.36. The number of methoxy groups -OCH3 is 1. The monoisotopic (exact) mass is 439 g/mol. The quantitative estimate of drug-likeness (QED) is 0.636. The Kier molecular flexibility index (Phi) is 5.90. The lowest BCUT2D eigenvalue weighted by Crippen LogP contribution is -2.38. The molecule has 1 fully saturated rings. The van der Waals surface area contributed by atoms with Crippen molar-refractivity contribution in [2.75, 3.05) is 13.7 Å². The summed E-state index contributed by atoms with van der Waals surface area (Å²) in [6, 6.07) is 13.2. The van der Waals surface area contributed by atoms with E-state index in [1.54, 1.807) is 42.2 Å². The molecule has 2 amide bonds. The van der Waals surface area contributed by atoms with Crippen LogP contribution in [0.25, 0.3) is 0 Å². The van der Waals surface area contributed by atoms with Crippen LogP contribution in [0.4, 0.5) is 0 Å². The average molecular weight is 440 g/mol. The Labute approximate surface area is 184 Å². The second-order valence-corrected chi connectivity index (χ2v) is 7.81. The first kappa shape index (κ1) is 20.9. The summed E-state index contributed by atoms with van der Waals surface area (Å²) >= 11 is 6.13. The van der Waals surface area contributed by atoms with Crippen LogP contribution < -0.4 is 10.1 Å². The average Bonchev–Trinajstić information content (AvgIpc) is 3.40. The number of aryl methyl sites for hydroxylation is 1. The SMILES string of the molecule is COc1ccc(Cl)cc1C(=O)N1CC(NC(=O)c2ccccc2)CC1c1n[nH]c(C)n1. The lowest BCUT2D eigenvalue weighted by atomic mass is 10.1. The fourth-order valence-corrected chi connectivity index (χ4v) is 3.95.